The topological polar surface area (TPSA) is 64.3 Å². The van der Waals surface area contributed by atoms with Crippen LogP contribution in [-0.2, 0) is 0 Å². The van der Waals surface area contributed by atoms with Gasteiger partial charge in [0.1, 0.15) is 6.07 Å². The van der Waals surface area contributed by atoms with Crippen LogP contribution in [-0.4, -0.2) is 24.2 Å². The van der Waals surface area contributed by atoms with Gasteiger partial charge in [-0.2, -0.15) is 5.26 Å². The number of carbonyl (C=O) groups is 1. The molecule has 1 aliphatic heterocycles. The fourth-order valence-electron chi connectivity index (χ4n) is 1.89. The van der Waals surface area contributed by atoms with Gasteiger partial charge in [-0.15, -0.1) is 0 Å². The lowest BCUT2D eigenvalue weighted by atomic mass is 10.1. The second kappa shape index (κ2) is 4.71. The molecule has 1 aliphatic rings. The first kappa shape index (κ1) is 11.2. The lowest BCUT2D eigenvalue weighted by molar-refractivity contribution is 0.0697. The monoisotopic (exact) mass is 228 g/mol. The van der Waals surface area contributed by atoms with Gasteiger partial charge in [-0.1, -0.05) is 12.2 Å². The van der Waals surface area contributed by atoms with Crippen LogP contribution in [0.1, 0.15) is 22.3 Å². The van der Waals surface area contributed by atoms with Crippen LogP contribution in [0, 0.1) is 11.3 Å². The van der Waals surface area contributed by atoms with Gasteiger partial charge in [0.2, 0.25) is 0 Å². The Kier molecular flexibility index (Phi) is 3.10. The average molecular weight is 228 g/mol. The van der Waals surface area contributed by atoms with E-state index in [1.54, 1.807) is 6.07 Å². The summed E-state index contributed by atoms with van der Waals surface area (Å²) in [5.41, 5.74) is 1.37. The first-order valence-corrected chi connectivity index (χ1v) is 5.40. The lowest BCUT2D eigenvalue weighted by Gasteiger charge is -2.26. The highest BCUT2D eigenvalue weighted by atomic mass is 16.4. The standard InChI is InChI=1S/C13H12N2O2/c14-9-11-8-10(13(16)17)4-5-12(11)15-6-2-1-3-7-15/h1-2,4-5,8H,3,6-7H2,(H,16,17). The number of benzene rings is 1. The van der Waals surface area contributed by atoms with Crippen LogP contribution in [0.15, 0.2) is 30.4 Å². The molecule has 0 fully saturated rings. The number of nitriles is 1. The van der Waals surface area contributed by atoms with E-state index < -0.39 is 5.97 Å². The Bertz CT molecular complexity index is 515. The first-order chi connectivity index (χ1) is 8.22. The second-order valence-electron chi connectivity index (χ2n) is 3.85. The van der Waals surface area contributed by atoms with Gasteiger partial charge < -0.3 is 10.0 Å². The highest BCUT2D eigenvalue weighted by Crippen LogP contribution is 2.23. The number of nitrogens with zero attached hydrogens (tertiary/aromatic N) is 2. The first-order valence-electron chi connectivity index (χ1n) is 5.40. The molecular weight excluding hydrogens is 216 g/mol. The quantitative estimate of drug-likeness (QED) is 0.786. The Balaban J connectivity index is 2.38. The molecule has 4 nitrogen and oxygen atoms in total. The van der Waals surface area contributed by atoms with Crippen molar-refractivity contribution in [2.45, 2.75) is 6.42 Å². The van der Waals surface area contributed by atoms with E-state index in [4.69, 9.17) is 10.4 Å². The van der Waals surface area contributed by atoms with Crippen molar-refractivity contribution < 1.29 is 9.90 Å². The van der Waals surface area contributed by atoms with E-state index in [9.17, 15) is 4.79 Å². The molecule has 0 bridgehead atoms. The van der Waals surface area contributed by atoms with Crippen LogP contribution < -0.4 is 4.90 Å². The molecule has 4 heteroatoms. The predicted molar refractivity (Wildman–Crippen MR) is 64.1 cm³/mol. The molecule has 0 amide bonds. The third kappa shape index (κ3) is 2.28. The molecule has 2 rings (SSSR count). The molecule has 0 saturated heterocycles. The van der Waals surface area contributed by atoms with Crippen LogP contribution >= 0.6 is 0 Å². The van der Waals surface area contributed by atoms with E-state index >= 15 is 0 Å². The maximum atomic E-state index is 10.8. The molecule has 17 heavy (non-hydrogen) atoms. The molecular formula is C13H12N2O2. The average Bonchev–Trinajstić information content (AvgIpc) is 2.39. The minimum Gasteiger partial charge on any atom is -0.478 e. The largest absolute Gasteiger partial charge is 0.478 e. The predicted octanol–water partition coefficient (Wildman–Crippen LogP) is 2.02. The van der Waals surface area contributed by atoms with Gasteiger partial charge in [-0.25, -0.2) is 4.79 Å². The third-order valence-electron chi connectivity index (χ3n) is 2.76. The molecule has 1 aromatic carbocycles. The van der Waals surface area contributed by atoms with E-state index in [0.29, 0.717) is 5.56 Å². The number of hydrogen-bond donors (Lipinski definition) is 1. The molecule has 0 unspecified atom stereocenters. The molecule has 0 saturated carbocycles. The summed E-state index contributed by atoms with van der Waals surface area (Å²) in [5, 5.41) is 17.9. The van der Waals surface area contributed by atoms with Crippen LogP contribution in [0.4, 0.5) is 5.69 Å². The van der Waals surface area contributed by atoms with Crippen molar-refractivity contribution in [3.63, 3.8) is 0 Å². The van der Waals surface area contributed by atoms with E-state index in [2.05, 4.69) is 23.1 Å². The van der Waals surface area contributed by atoms with E-state index in [-0.39, 0.29) is 5.56 Å². The van der Waals surface area contributed by atoms with Crippen molar-refractivity contribution in [2.24, 2.45) is 0 Å². The highest BCUT2D eigenvalue weighted by Gasteiger charge is 2.14. The molecule has 0 radical (unpaired) electrons. The number of rotatable bonds is 2. The Hall–Kier alpha value is -2.28. The van der Waals surface area contributed by atoms with Crippen molar-refractivity contribution >= 4 is 11.7 Å². The second-order valence-corrected chi connectivity index (χ2v) is 3.85. The number of hydrogen-bond acceptors (Lipinski definition) is 3. The number of carboxylic acid groups (broad SMARTS) is 1. The van der Waals surface area contributed by atoms with E-state index in [0.717, 1.165) is 25.2 Å². The SMILES string of the molecule is N#Cc1cc(C(=O)O)ccc1N1CC=CCC1. The van der Waals surface area contributed by atoms with Gasteiger partial charge in [0.05, 0.1) is 16.8 Å². The number of carboxylic acids is 1. The summed E-state index contributed by atoms with van der Waals surface area (Å²) in [7, 11) is 0. The van der Waals surface area contributed by atoms with Crippen LogP contribution in [0.25, 0.3) is 0 Å². The van der Waals surface area contributed by atoms with Crippen molar-refractivity contribution in [1.29, 1.82) is 5.26 Å². The van der Waals surface area contributed by atoms with Gasteiger partial charge >= 0.3 is 5.97 Å². The summed E-state index contributed by atoms with van der Waals surface area (Å²) in [6.45, 7) is 1.62. The zero-order chi connectivity index (χ0) is 12.3. The minimum atomic E-state index is -1.01. The highest BCUT2D eigenvalue weighted by molar-refractivity contribution is 5.89. The van der Waals surface area contributed by atoms with Crippen molar-refractivity contribution in [3.8, 4) is 6.07 Å². The summed E-state index contributed by atoms with van der Waals surface area (Å²) in [4.78, 5) is 12.9. The van der Waals surface area contributed by atoms with Gasteiger partial charge in [-0.05, 0) is 24.6 Å². The maximum absolute atomic E-state index is 10.8. The molecule has 86 valence electrons. The fourth-order valence-corrected chi connectivity index (χ4v) is 1.89. The van der Waals surface area contributed by atoms with Gasteiger partial charge in [0, 0.05) is 13.1 Å². The normalized spacial score (nSPS) is 14.4. The molecule has 0 atom stereocenters. The zero-order valence-corrected chi connectivity index (χ0v) is 9.26. The van der Waals surface area contributed by atoms with Gasteiger partial charge in [0.25, 0.3) is 0 Å². The van der Waals surface area contributed by atoms with E-state index in [1.807, 2.05) is 0 Å². The Morgan fingerprint density at radius 3 is 2.82 bits per heavy atom. The molecule has 1 aromatic rings. The fraction of sp³-hybridized carbons (Fsp3) is 0.231. The third-order valence-corrected chi connectivity index (χ3v) is 2.76. The minimum absolute atomic E-state index is 0.151. The van der Waals surface area contributed by atoms with Crippen LogP contribution in [0.5, 0.6) is 0 Å². The summed E-state index contributed by atoms with van der Waals surface area (Å²) < 4.78 is 0. The van der Waals surface area contributed by atoms with E-state index in [1.165, 1.54) is 12.1 Å². The summed E-state index contributed by atoms with van der Waals surface area (Å²) >= 11 is 0. The molecule has 0 aliphatic carbocycles. The zero-order valence-electron chi connectivity index (χ0n) is 9.26. The lowest BCUT2D eigenvalue weighted by Crippen LogP contribution is -2.27. The van der Waals surface area contributed by atoms with Crippen molar-refractivity contribution in [3.05, 3.63) is 41.5 Å². The summed E-state index contributed by atoms with van der Waals surface area (Å²) in [6.07, 6.45) is 5.11. The summed E-state index contributed by atoms with van der Waals surface area (Å²) in [6, 6.07) is 6.73. The smallest absolute Gasteiger partial charge is 0.335 e. The van der Waals surface area contributed by atoms with Gasteiger partial charge in [0.15, 0.2) is 0 Å². The molecule has 0 spiro atoms. The Morgan fingerprint density at radius 2 is 2.24 bits per heavy atom. The molecule has 0 aromatic heterocycles. The summed E-state index contributed by atoms with van der Waals surface area (Å²) in [5.74, 6) is -1.01. The Morgan fingerprint density at radius 1 is 1.41 bits per heavy atom. The number of anilines is 1. The number of aromatic carboxylic acids is 1. The molecule has 1 heterocycles. The van der Waals surface area contributed by atoms with Crippen LogP contribution in [0.3, 0.4) is 0 Å². The van der Waals surface area contributed by atoms with Crippen molar-refractivity contribution in [2.75, 3.05) is 18.0 Å². The Labute approximate surface area is 99.4 Å². The maximum Gasteiger partial charge on any atom is 0.335 e. The van der Waals surface area contributed by atoms with Crippen molar-refractivity contribution in [1.82, 2.24) is 0 Å². The molecule has 1 N–H and O–H groups in total. The van der Waals surface area contributed by atoms with Gasteiger partial charge in [-0.3, -0.25) is 0 Å². The van der Waals surface area contributed by atoms with Crippen LogP contribution in [0.2, 0.25) is 0 Å².